The molecule has 0 atom stereocenters. The first-order chi connectivity index (χ1) is 65.0. The number of imidazole rings is 2. The molecule has 2 N–H and O–H groups in total. The van der Waals surface area contributed by atoms with Crippen molar-refractivity contribution in [2.75, 3.05) is 0 Å². The number of aromatic nitrogens is 22. The predicted molar refractivity (Wildman–Crippen MR) is 538 cm³/mol. The van der Waals surface area contributed by atoms with Gasteiger partial charge < -0.3 is 29.3 Å². The second kappa shape index (κ2) is 37.4. The van der Waals surface area contributed by atoms with Crippen LogP contribution >= 0.6 is 0 Å². The Labute approximate surface area is 890 Å². The van der Waals surface area contributed by atoms with Crippen LogP contribution in [-0.4, -0.2) is 108 Å². The van der Waals surface area contributed by atoms with Crippen molar-refractivity contribution < 1.29 is 94.5 Å². The number of para-hydroxylation sites is 2. The Morgan fingerprint density at radius 3 is 0.831 bits per heavy atom. The molecule has 0 fully saturated rings. The topological polar surface area (TPSA) is 263 Å². The minimum absolute atomic E-state index is 0. The minimum atomic E-state index is -0.559. The average Bonchev–Trinajstić information content (AvgIpc) is 1.69. The first-order valence-corrected chi connectivity index (χ1v) is 47.2. The summed E-state index contributed by atoms with van der Waals surface area (Å²) in [6.07, 6.45) is 15.3. The van der Waals surface area contributed by atoms with Crippen LogP contribution in [0.4, 0.5) is 0 Å². The van der Waals surface area contributed by atoms with Crippen molar-refractivity contribution in [1.82, 2.24) is 108 Å². The smallest absolute Gasteiger partial charge is 0.662 e. The largest absolute Gasteiger partial charge is 2.00 e. The van der Waals surface area contributed by atoms with Crippen molar-refractivity contribution >= 4 is 0 Å². The van der Waals surface area contributed by atoms with Crippen molar-refractivity contribution in [3.05, 3.63) is 370 Å². The number of benzene rings is 8. The van der Waals surface area contributed by atoms with Gasteiger partial charge in [0.15, 0.2) is 23.3 Å². The fourth-order valence-electron chi connectivity index (χ4n) is 19.0. The monoisotopic (exact) mass is 2610 g/mol. The van der Waals surface area contributed by atoms with Crippen molar-refractivity contribution in [2.24, 2.45) is 14.1 Å². The molecular weight excluding hydrogens is 2490 g/mol. The number of fused-ring (bicyclic) bond motifs is 40. The SMILES string of the molecule is CC1(C)c2[c-]c(ccc2)C(C)(C)n2ccc(n2)C(C)(C)c2ccn(n2)C(C)(C)c2[c-]c1ccc2.CC1(C)c2[c-]c(ccc2)C(C)(C)n2cnc(n2)C(C)(C)c2ncn(n2)C(C)(C)c2[c-]c1ccc2.CC1(C)c2ncn(n2)C(C)(C)c2ccc([n-]2)C(C)(C)c2ccc([n-]2)C(C)(C)n2cnc1n2.Cn1cc2nc1-c1cccc(c1O)-c1ccccc1-c1cccc(c1O)-c1nc(cn1C)-c1ccccc1-2.[Pt+2].[Pt+2].[Pt+2].[Pt]. The number of aromatic hydroxyl groups is 2. The number of phenols is 2. The van der Waals surface area contributed by atoms with Gasteiger partial charge in [-0.15, -0.1) is 33.6 Å². The minimum Gasteiger partial charge on any atom is -0.662 e. The van der Waals surface area contributed by atoms with E-state index in [1.807, 2.05) is 139 Å². The van der Waals surface area contributed by atoms with Crippen molar-refractivity contribution in [1.29, 1.82) is 0 Å². The Hall–Kier alpha value is -11.9. The molecule has 18 aromatic rings. The predicted octanol–water partition coefficient (Wildman–Crippen LogP) is 21.4. The molecule has 0 saturated heterocycles. The molecule has 142 heavy (non-hydrogen) atoms. The summed E-state index contributed by atoms with van der Waals surface area (Å²) < 4.78 is 15.6. The Kier molecular flexibility index (Phi) is 27.5. The summed E-state index contributed by atoms with van der Waals surface area (Å²) in [6, 6.07) is 80.4. The fraction of sp³-hybridized carbons (Fsp3) is 0.333. The Morgan fingerprint density at radius 1 is 0.254 bits per heavy atom. The van der Waals surface area contributed by atoms with Gasteiger partial charge >= 0.3 is 63.2 Å². The third kappa shape index (κ3) is 17.7. The molecule has 32 bridgehead atoms. The van der Waals surface area contributed by atoms with E-state index >= 15 is 0 Å². The molecule has 4 aliphatic rings. The third-order valence-electron chi connectivity index (χ3n) is 29.7. The zero-order valence-electron chi connectivity index (χ0n) is 85.1. The van der Waals surface area contributed by atoms with Gasteiger partial charge in [0.1, 0.15) is 48.5 Å². The van der Waals surface area contributed by atoms with E-state index in [1.165, 1.54) is 0 Å². The number of rotatable bonds is 0. The summed E-state index contributed by atoms with van der Waals surface area (Å²) in [7, 11) is 3.87. The Balaban J connectivity index is 0.000000142. The number of hydrogen-bond acceptors (Lipinski definition) is 14. The van der Waals surface area contributed by atoms with Crippen LogP contribution in [0.1, 0.15) is 268 Å². The van der Waals surface area contributed by atoms with E-state index in [0.29, 0.717) is 57.2 Å². The second-order valence-electron chi connectivity index (χ2n) is 43.4. The van der Waals surface area contributed by atoms with E-state index in [1.54, 1.807) is 25.3 Å². The molecule has 4 aliphatic heterocycles. The molecule has 0 aliphatic carbocycles. The summed E-state index contributed by atoms with van der Waals surface area (Å²) >= 11 is 0. The second-order valence-corrected chi connectivity index (χ2v) is 43.4. The molecule has 0 radical (unpaired) electrons. The number of phenolic OH excluding ortho intramolecular Hbond substituents is 2. The molecule has 0 saturated carbocycles. The summed E-state index contributed by atoms with van der Waals surface area (Å²) in [5.41, 5.74) is 17.5. The average molecular weight is 2610 g/mol. The maximum Gasteiger partial charge on any atom is 2.00 e. The van der Waals surface area contributed by atoms with Crippen molar-refractivity contribution in [3.8, 4) is 79.0 Å². The molecule has 14 heterocycles. The maximum atomic E-state index is 11.6. The van der Waals surface area contributed by atoms with Gasteiger partial charge in [-0.05, 0) is 176 Å². The van der Waals surface area contributed by atoms with Gasteiger partial charge in [0.25, 0.3) is 0 Å². The van der Waals surface area contributed by atoms with Crippen LogP contribution in [-0.2, 0) is 164 Å². The van der Waals surface area contributed by atoms with Gasteiger partial charge in [0.2, 0.25) is 0 Å². The molecule has 0 amide bonds. The van der Waals surface area contributed by atoms with Crippen molar-refractivity contribution in [2.45, 2.75) is 232 Å². The summed E-state index contributed by atoms with van der Waals surface area (Å²) in [6.45, 7) is 51.7. The van der Waals surface area contributed by atoms with E-state index in [2.05, 4.69) is 331 Å². The summed E-state index contributed by atoms with van der Waals surface area (Å²) in [4.78, 5) is 38.7. The molecule has 28 heteroatoms. The number of aryl methyl sites for hydroxylation is 2. The molecular formula is C114H120N22O2Pt4. The first kappa shape index (κ1) is 104. The Morgan fingerprint density at radius 2 is 0.514 bits per heavy atom. The quantitative estimate of drug-likeness (QED) is 0.134. The zero-order chi connectivity index (χ0) is 98.1. The van der Waals surface area contributed by atoms with Gasteiger partial charge in [0, 0.05) is 82.2 Å². The van der Waals surface area contributed by atoms with E-state index in [9.17, 15) is 10.2 Å². The normalized spacial score (nSPS) is 17.0. The van der Waals surface area contributed by atoms with Gasteiger partial charge in [0.05, 0.1) is 83.4 Å². The van der Waals surface area contributed by atoms with Crippen LogP contribution in [0.3, 0.4) is 0 Å². The third-order valence-corrected chi connectivity index (χ3v) is 29.7. The van der Waals surface area contributed by atoms with Crippen molar-refractivity contribution in [3.63, 3.8) is 0 Å². The van der Waals surface area contributed by atoms with Crippen LogP contribution in [0.5, 0.6) is 11.5 Å². The molecule has 0 unspecified atom stereocenters. The maximum absolute atomic E-state index is 11.6. The molecule has 22 rings (SSSR count). The van der Waals surface area contributed by atoms with Gasteiger partial charge in [-0.1, -0.05) is 139 Å². The van der Waals surface area contributed by atoms with E-state index in [0.717, 1.165) is 112 Å². The molecule has 8 aromatic carbocycles. The van der Waals surface area contributed by atoms with E-state index in [-0.39, 0.29) is 128 Å². The Bertz CT molecular complexity index is 6890. The first-order valence-electron chi connectivity index (χ1n) is 47.2. The molecule has 738 valence electrons. The molecule has 10 aromatic heterocycles. The van der Waals surface area contributed by atoms with E-state index in [4.69, 9.17) is 60.5 Å². The standard InChI is InChI=1S/C32H24N4O2.C30H34N4.C28H32N6.C24H30N8.4Pt/c1-35-17-27-21-11-5-6-12-22(21)28-18-36(2)32(34-28)26-16-8-14-24(30(26)38)20-10-4-3-9-19(20)23-13-7-15-25(29(23)37)31(35)33-27;1-27(2)21-11-9-13-23(19-21)29(5,6)33-17-15-25(31-33)28(3,4)26-16-18-34(32-26)30(7,8)24-14-10-12-22(27)20-24;1-25(2)19-11-9-13-21(15-19)27(5,6)33-17-29-23(31-33)26(3,4)24-30-18-34(32-24)28(7,8)22-14-10-12-20(25)16-22;1-21(2)15-9-11-17(27-15)23(5,6)31-13-25-19(29-31)22(3,4)20-26-14-32(30-20)24(7,8)18-12-10-16(21)28-18;;;;/h3-18,37-38H,1-2H3;9-18H,1-8H3;9-14,17-18H,1-8H3;9-14H,1-8H3;;;;/q;3*-2;;3*+2. The molecule has 0 spiro atoms. The van der Waals surface area contributed by atoms with Gasteiger partial charge in [-0.25, -0.2) is 48.6 Å². The number of nitrogens with zero attached hydrogens (tertiary/aromatic N) is 22. The van der Waals surface area contributed by atoms with Crippen LogP contribution < -0.4 is 9.97 Å². The van der Waals surface area contributed by atoms with Gasteiger partial charge in [-0.2, -0.15) is 161 Å². The summed E-state index contributed by atoms with van der Waals surface area (Å²) in [5, 5.41) is 52.9. The van der Waals surface area contributed by atoms with Crippen LogP contribution in [0.25, 0.3) is 67.5 Å². The van der Waals surface area contributed by atoms with Crippen LogP contribution in [0.2, 0.25) is 0 Å². The number of hydrogen-bond donors (Lipinski definition) is 2. The van der Waals surface area contributed by atoms with Crippen LogP contribution in [0.15, 0.2) is 244 Å². The molecule has 24 nitrogen and oxygen atoms in total. The van der Waals surface area contributed by atoms with Gasteiger partial charge in [-0.3, -0.25) is 9.36 Å². The summed E-state index contributed by atoms with van der Waals surface area (Å²) in [5.74, 6) is 4.33. The fourth-order valence-corrected chi connectivity index (χ4v) is 19.0. The zero-order valence-corrected chi connectivity index (χ0v) is 94.2. The van der Waals surface area contributed by atoms with Crippen LogP contribution in [0, 0.1) is 24.3 Å². The van der Waals surface area contributed by atoms with E-state index < -0.39 is 33.0 Å².